The second-order valence-corrected chi connectivity index (χ2v) is 4.61. The summed E-state index contributed by atoms with van der Waals surface area (Å²) in [6, 6.07) is 10.9. The summed E-state index contributed by atoms with van der Waals surface area (Å²) in [7, 11) is 0. The molecule has 1 aliphatic heterocycles. The largest absolute Gasteiger partial charge is 0.478 e. The number of aromatic carboxylic acids is 1. The summed E-state index contributed by atoms with van der Waals surface area (Å²) in [4.78, 5) is 28.6. The number of pyridine rings is 1. The summed E-state index contributed by atoms with van der Waals surface area (Å²) in [6.45, 7) is 0.250. The van der Waals surface area contributed by atoms with Crippen molar-refractivity contribution in [3.8, 4) is 5.88 Å². The molecule has 0 atom stereocenters. The predicted octanol–water partition coefficient (Wildman–Crippen LogP) is 1.71. The summed E-state index contributed by atoms with van der Waals surface area (Å²) in [5.74, 6) is -1.05. The number of amides is 1. The van der Waals surface area contributed by atoms with Crippen LogP contribution in [0, 0.1) is 0 Å². The number of nitrogens with zero attached hydrogens (tertiary/aromatic N) is 2. The highest BCUT2D eigenvalue weighted by molar-refractivity contribution is 5.99. The number of carboxylic acid groups (broad SMARTS) is 1. The van der Waals surface area contributed by atoms with Crippen molar-refractivity contribution in [3.63, 3.8) is 0 Å². The number of fused-ring (bicyclic) bond motifs is 1. The Labute approximate surface area is 120 Å². The molecule has 1 aromatic heterocycles. The van der Waals surface area contributed by atoms with E-state index in [1.165, 1.54) is 17.2 Å². The second kappa shape index (κ2) is 5.24. The normalized spacial score (nSPS) is 13.5. The smallest absolute Gasteiger partial charge is 0.337 e. The predicted molar refractivity (Wildman–Crippen MR) is 74.3 cm³/mol. The summed E-state index contributed by atoms with van der Waals surface area (Å²) < 4.78 is 5.24. The first kappa shape index (κ1) is 13.1. The van der Waals surface area contributed by atoms with Crippen molar-refractivity contribution in [2.45, 2.75) is 6.54 Å². The van der Waals surface area contributed by atoms with Crippen LogP contribution in [-0.4, -0.2) is 28.6 Å². The van der Waals surface area contributed by atoms with Crippen LogP contribution in [0.15, 0.2) is 42.6 Å². The average molecular weight is 284 g/mol. The van der Waals surface area contributed by atoms with Gasteiger partial charge in [-0.25, -0.2) is 9.78 Å². The average Bonchev–Trinajstić information content (AvgIpc) is 2.50. The van der Waals surface area contributed by atoms with Crippen molar-refractivity contribution >= 4 is 17.6 Å². The van der Waals surface area contributed by atoms with Gasteiger partial charge in [0.05, 0.1) is 12.1 Å². The monoisotopic (exact) mass is 284 g/mol. The fourth-order valence-electron chi connectivity index (χ4n) is 2.14. The number of hydrogen-bond donors (Lipinski definition) is 1. The molecule has 0 bridgehead atoms. The summed E-state index contributed by atoms with van der Waals surface area (Å²) in [5, 5.41) is 9.04. The first-order valence-corrected chi connectivity index (χ1v) is 6.35. The number of rotatable bonds is 3. The van der Waals surface area contributed by atoms with Crippen LogP contribution in [0.1, 0.15) is 15.9 Å². The molecule has 1 amide bonds. The van der Waals surface area contributed by atoms with E-state index in [1.807, 2.05) is 30.3 Å². The Hall–Kier alpha value is -2.89. The molecule has 0 spiro atoms. The van der Waals surface area contributed by atoms with Gasteiger partial charge in [0.15, 0.2) is 6.61 Å². The Kier molecular flexibility index (Phi) is 3.27. The van der Waals surface area contributed by atoms with Crippen LogP contribution in [0.2, 0.25) is 0 Å². The maximum atomic E-state index is 12.1. The van der Waals surface area contributed by atoms with Gasteiger partial charge in [-0.1, -0.05) is 30.3 Å². The molecule has 0 radical (unpaired) electrons. The highest BCUT2D eigenvalue weighted by atomic mass is 16.5. The molecule has 0 saturated carbocycles. The molecule has 0 unspecified atom stereocenters. The van der Waals surface area contributed by atoms with Crippen molar-refractivity contribution in [1.29, 1.82) is 0 Å². The maximum absolute atomic E-state index is 12.1. The fourth-order valence-corrected chi connectivity index (χ4v) is 2.14. The number of carbonyl (C=O) groups excluding carboxylic acids is 1. The van der Waals surface area contributed by atoms with E-state index >= 15 is 0 Å². The number of ether oxygens (including phenoxy) is 1. The molecular formula is C15H12N2O4. The lowest BCUT2D eigenvalue weighted by molar-refractivity contribution is -0.121. The van der Waals surface area contributed by atoms with Gasteiger partial charge < -0.3 is 14.7 Å². The number of aromatic nitrogens is 1. The summed E-state index contributed by atoms with van der Waals surface area (Å²) >= 11 is 0. The van der Waals surface area contributed by atoms with E-state index in [1.54, 1.807) is 0 Å². The first-order chi connectivity index (χ1) is 10.1. The minimum atomic E-state index is -1.09. The third kappa shape index (κ3) is 2.55. The second-order valence-electron chi connectivity index (χ2n) is 4.61. The van der Waals surface area contributed by atoms with Crippen molar-refractivity contribution in [2.75, 3.05) is 11.5 Å². The zero-order valence-corrected chi connectivity index (χ0v) is 11.0. The van der Waals surface area contributed by atoms with Gasteiger partial charge in [0.25, 0.3) is 5.91 Å². The Morgan fingerprint density at radius 3 is 2.81 bits per heavy atom. The highest BCUT2D eigenvalue weighted by Crippen LogP contribution is 2.31. The molecule has 1 aromatic carbocycles. The molecular weight excluding hydrogens is 272 g/mol. The van der Waals surface area contributed by atoms with Gasteiger partial charge in [-0.05, 0) is 11.6 Å². The van der Waals surface area contributed by atoms with E-state index in [9.17, 15) is 9.59 Å². The Balaban J connectivity index is 1.99. The van der Waals surface area contributed by atoms with E-state index in [-0.39, 0.29) is 24.0 Å². The lowest BCUT2D eigenvalue weighted by Gasteiger charge is -2.28. The van der Waals surface area contributed by atoms with Gasteiger partial charge in [0, 0.05) is 6.20 Å². The minimum Gasteiger partial charge on any atom is -0.478 e. The molecule has 6 heteroatoms. The zero-order chi connectivity index (χ0) is 14.8. The van der Waals surface area contributed by atoms with E-state index in [0.29, 0.717) is 12.2 Å². The number of anilines is 1. The molecule has 0 saturated heterocycles. The number of hydrogen-bond acceptors (Lipinski definition) is 4. The highest BCUT2D eigenvalue weighted by Gasteiger charge is 2.27. The maximum Gasteiger partial charge on any atom is 0.337 e. The van der Waals surface area contributed by atoms with E-state index < -0.39 is 5.97 Å². The van der Waals surface area contributed by atoms with E-state index in [2.05, 4.69) is 4.98 Å². The standard InChI is InChI=1S/C15H12N2O4/c18-13-9-21-14-12(6-11(7-16-14)15(19)20)17(13)8-10-4-2-1-3-5-10/h1-7H,8-9H2,(H,19,20). The van der Waals surface area contributed by atoms with E-state index in [4.69, 9.17) is 9.84 Å². The van der Waals surface area contributed by atoms with Crippen LogP contribution >= 0.6 is 0 Å². The zero-order valence-electron chi connectivity index (χ0n) is 11.0. The van der Waals surface area contributed by atoms with Gasteiger partial charge in [-0.15, -0.1) is 0 Å². The van der Waals surface area contributed by atoms with Crippen LogP contribution in [-0.2, 0) is 11.3 Å². The topological polar surface area (TPSA) is 79.7 Å². The molecule has 1 aliphatic rings. The summed E-state index contributed by atoms with van der Waals surface area (Å²) in [5.41, 5.74) is 1.35. The van der Waals surface area contributed by atoms with Gasteiger partial charge in [-0.2, -0.15) is 0 Å². The Bertz CT molecular complexity index is 700. The van der Waals surface area contributed by atoms with Gasteiger partial charge in [0.2, 0.25) is 5.88 Å². The van der Waals surface area contributed by atoms with Crippen molar-refractivity contribution < 1.29 is 19.4 Å². The van der Waals surface area contributed by atoms with Crippen molar-refractivity contribution in [1.82, 2.24) is 4.98 Å². The van der Waals surface area contributed by atoms with Crippen LogP contribution in [0.5, 0.6) is 5.88 Å². The summed E-state index contributed by atoms with van der Waals surface area (Å²) in [6.07, 6.45) is 1.22. The molecule has 0 aliphatic carbocycles. The molecule has 2 aromatic rings. The lowest BCUT2D eigenvalue weighted by Crippen LogP contribution is -2.38. The van der Waals surface area contributed by atoms with Crippen molar-refractivity contribution in [3.05, 3.63) is 53.7 Å². The third-order valence-electron chi connectivity index (χ3n) is 3.19. The third-order valence-corrected chi connectivity index (χ3v) is 3.19. The fraction of sp³-hybridized carbons (Fsp3) is 0.133. The molecule has 21 heavy (non-hydrogen) atoms. The van der Waals surface area contributed by atoms with Crippen LogP contribution in [0.3, 0.4) is 0 Å². The lowest BCUT2D eigenvalue weighted by atomic mass is 10.1. The molecule has 3 rings (SSSR count). The molecule has 106 valence electrons. The first-order valence-electron chi connectivity index (χ1n) is 6.35. The molecule has 0 fully saturated rings. The van der Waals surface area contributed by atoms with Crippen LogP contribution in [0.25, 0.3) is 0 Å². The molecule has 6 nitrogen and oxygen atoms in total. The van der Waals surface area contributed by atoms with Crippen LogP contribution in [0.4, 0.5) is 5.69 Å². The van der Waals surface area contributed by atoms with Gasteiger partial charge in [0.1, 0.15) is 5.69 Å². The Morgan fingerprint density at radius 1 is 1.33 bits per heavy atom. The SMILES string of the molecule is O=C(O)c1cnc2c(c1)N(Cc1ccccc1)C(=O)CO2. The quantitative estimate of drug-likeness (QED) is 0.928. The number of benzene rings is 1. The Morgan fingerprint density at radius 2 is 2.10 bits per heavy atom. The molecule has 1 N–H and O–H groups in total. The van der Waals surface area contributed by atoms with Gasteiger partial charge in [-0.3, -0.25) is 4.79 Å². The minimum absolute atomic E-state index is 0.0186. The number of carboxylic acids is 1. The number of carbonyl (C=O) groups is 2. The van der Waals surface area contributed by atoms with Crippen LogP contribution < -0.4 is 9.64 Å². The van der Waals surface area contributed by atoms with Crippen molar-refractivity contribution in [2.24, 2.45) is 0 Å². The van der Waals surface area contributed by atoms with E-state index in [0.717, 1.165) is 5.56 Å². The molecule has 2 heterocycles. The van der Waals surface area contributed by atoms with Gasteiger partial charge >= 0.3 is 5.97 Å².